The van der Waals surface area contributed by atoms with Crippen molar-refractivity contribution in [1.82, 2.24) is 5.32 Å². The van der Waals surface area contributed by atoms with Gasteiger partial charge in [-0.15, -0.1) is 26.3 Å². The van der Waals surface area contributed by atoms with Gasteiger partial charge in [0, 0.05) is 6.04 Å². The van der Waals surface area contributed by atoms with E-state index in [2.05, 4.69) is 14.8 Å². The topological polar surface area (TPSA) is 39.7 Å². The zero-order valence-corrected chi connectivity index (χ0v) is 17.7. The summed E-state index contributed by atoms with van der Waals surface area (Å²) in [5, 5.41) is 2.58. The van der Waals surface area contributed by atoms with Crippen LogP contribution in [0.2, 0.25) is 0 Å². The number of rotatable bonds is 12. The van der Waals surface area contributed by atoms with E-state index in [1.807, 2.05) is 0 Å². The number of hydrogen-bond donors (Lipinski definition) is 1. The number of para-hydroxylation sites is 1. The quantitative estimate of drug-likeness (QED) is 0.399. The van der Waals surface area contributed by atoms with E-state index in [1.54, 1.807) is 30.3 Å². The number of nitrogens with one attached hydrogen (secondary N) is 1. The van der Waals surface area contributed by atoms with Crippen LogP contribution in [0.4, 0.5) is 30.7 Å². The van der Waals surface area contributed by atoms with Gasteiger partial charge in [0.25, 0.3) is 0 Å². The summed E-state index contributed by atoms with van der Waals surface area (Å²) in [6.45, 7) is -1.34. The molecule has 2 rings (SSSR count). The zero-order chi connectivity index (χ0) is 24.5. The van der Waals surface area contributed by atoms with Crippen molar-refractivity contribution in [1.29, 1.82) is 0 Å². The van der Waals surface area contributed by atoms with Crippen molar-refractivity contribution >= 4 is 0 Å². The molecule has 1 N–H and O–H groups in total. The van der Waals surface area contributed by atoms with Gasteiger partial charge in [-0.1, -0.05) is 30.3 Å². The molecule has 4 nitrogen and oxygen atoms in total. The molecule has 2 unspecified atom stereocenters. The number of alkyl halides is 7. The molecule has 0 radical (unpaired) electrons. The van der Waals surface area contributed by atoms with Crippen LogP contribution < -0.4 is 14.8 Å². The van der Waals surface area contributed by atoms with Gasteiger partial charge in [0.1, 0.15) is 30.9 Å². The standard InChI is InChI=1S/C22H24F7NO3/c1-30-17(13-23)12-19(33-22(27,28)29)14-31-20-8-3-2-6-16(20)10-9-15-5-4-7-18(11-15)32-21(24,25)26/h2-8,11,17,19,30H,9-10,12-14H2,1H3. The van der Waals surface area contributed by atoms with Crippen LogP contribution in [-0.4, -0.2) is 45.2 Å². The Bertz CT molecular complexity index is 854. The second-order valence-electron chi connectivity index (χ2n) is 7.18. The van der Waals surface area contributed by atoms with Crippen LogP contribution in [0.25, 0.3) is 0 Å². The molecule has 2 aromatic rings. The first-order valence-electron chi connectivity index (χ1n) is 10.0. The van der Waals surface area contributed by atoms with Gasteiger partial charge >= 0.3 is 12.7 Å². The van der Waals surface area contributed by atoms with Crippen molar-refractivity contribution in [3.05, 3.63) is 59.7 Å². The fourth-order valence-electron chi connectivity index (χ4n) is 3.13. The fourth-order valence-corrected chi connectivity index (χ4v) is 3.13. The first-order valence-corrected chi connectivity index (χ1v) is 10.0. The smallest absolute Gasteiger partial charge is 0.491 e. The lowest BCUT2D eigenvalue weighted by atomic mass is 10.0. The molecule has 0 spiro atoms. The molecule has 0 aliphatic heterocycles. The number of benzene rings is 2. The lowest BCUT2D eigenvalue weighted by Gasteiger charge is -2.23. The Labute approximate surface area is 186 Å². The Morgan fingerprint density at radius 2 is 1.64 bits per heavy atom. The normalized spacial score (nSPS) is 14.1. The second kappa shape index (κ2) is 12.1. The average Bonchev–Trinajstić information content (AvgIpc) is 2.72. The van der Waals surface area contributed by atoms with Gasteiger partial charge in [-0.05, 0) is 55.6 Å². The summed E-state index contributed by atoms with van der Waals surface area (Å²) in [7, 11) is 1.43. The molecule has 2 atom stereocenters. The fraction of sp³-hybridized carbons (Fsp3) is 0.455. The number of hydrogen-bond acceptors (Lipinski definition) is 4. The maximum absolute atomic E-state index is 12.9. The molecule has 0 aliphatic rings. The van der Waals surface area contributed by atoms with Gasteiger partial charge in [0.05, 0.1) is 0 Å². The summed E-state index contributed by atoms with van der Waals surface area (Å²) in [4.78, 5) is 0. The van der Waals surface area contributed by atoms with Crippen molar-refractivity contribution in [2.45, 2.75) is 44.1 Å². The van der Waals surface area contributed by atoms with E-state index >= 15 is 0 Å². The van der Waals surface area contributed by atoms with Crippen LogP contribution in [-0.2, 0) is 17.6 Å². The highest BCUT2D eigenvalue weighted by molar-refractivity contribution is 5.35. The van der Waals surface area contributed by atoms with Crippen molar-refractivity contribution in [3.63, 3.8) is 0 Å². The Morgan fingerprint density at radius 1 is 0.909 bits per heavy atom. The zero-order valence-electron chi connectivity index (χ0n) is 17.7. The van der Waals surface area contributed by atoms with E-state index in [9.17, 15) is 30.7 Å². The Kier molecular flexibility index (Phi) is 9.78. The van der Waals surface area contributed by atoms with Crippen molar-refractivity contribution in [2.24, 2.45) is 0 Å². The summed E-state index contributed by atoms with van der Waals surface area (Å²) in [5.74, 6) is -0.0409. The molecule has 11 heteroatoms. The van der Waals surface area contributed by atoms with Crippen LogP contribution in [0.3, 0.4) is 0 Å². The summed E-state index contributed by atoms with van der Waals surface area (Å²) in [6, 6.07) is 11.3. The molecular weight excluding hydrogens is 459 g/mol. The predicted octanol–water partition coefficient (Wildman–Crippen LogP) is 5.60. The third kappa shape index (κ3) is 10.3. The van der Waals surface area contributed by atoms with Crippen LogP contribution in [0.1, 0.15) is 17.5 Å². The summed E-state index contributed by atoms with van der Waals surface area (Å²) in [5.41, 5.74) is 1.21. The maximum atomic E-state index is 12.9. The van der Waals surface area contributed by atoms with E-state index < -0.39 is 38.2 Å². The Balaban J connectivity index is 2.04. The van der Waals surface area contributed by atoms with Crippen LogP contribution in [0.15, 0.2) is 48.5 Å². The third-order valence-corrected chi connectivity index (χ3v) is 4.65. The number of ether oxygens (including phenoxy) is 3. The molecule has 33 heavy (non-hydrogen) atoms. The SMILES string of the molecule is CNC(CF)CC(COc1ccccc1CCc1cccc(OC(F)(F)F)c1)OC(F)(F)F. The van der Waals surface area contributed by atoms with Crippen LogP contribution >= 0.6 is 0 Å². The van der Waals surface area contributed by atoms with E-state index in [0.717, 1.165) is 0 Å². The van der Waals surface area contributed by atoms with Crippen LogP contribution in [0.5, 0.6) is 11.5 Å². The molecule has 0 aromatic heterocycles. The molecule has 2 aromatic carbocycles. The summed E-state index contributed by atoms with van der Waals surface area (Å²) < 4.78 is 102. The lowest BCUT2D eigenvalue weighted by Crippen LogP contribution is -2.38. The van der Waals surface area contributed by atoms with Gasteiger partial charge < -0.3 is 14.8 Å². The van der Waals surface area contributed by atoms with E-state index in [0.29, 0.717) is 29.7 Å². The second-order valence-corrected chi connectivity index (χ2v) is 7.18. The molecule has 184 valence electrons. The molecular formula is C22H24F7NO3. The van der Waals surface area contributed by atoms with Gasteiger partial charge in [-0.3, -0.25) is 4.74 Å². The molecule has 0 aliphatic carbocycles. The molecule has 0 amide bonds. The third-order valence-electron chi connectivity index (χ3n) is 4.65. The van der Waals surface area contributed by atoms with Gasteiger partial charge in [0.2, 0.25) is 0 Å². The van der Waals surface area contributed by atoms with Crippen molar-refractivity contribution in [3.8, 4) is 11.5 Å². The Morgan fingerprint density at radius 3 is 2.27 bits per heavy atom. The highest BCUT2D eigenvalue weighted by Crippen LogP contribution is 2.26. The lowest BCUT2D eigenvalue weighted by molar-refractivity contribution is -0.345. The molecule has 0 heterocycles. The minimum Gasteiger partial charge on any atom is -0.491 e. The Hall–Kier alpha value is -2.53. The van der Waals surface area contributed by atoms with Gasteiger partial charge in [0.15, 0.2) is 0 Å². The van der Waals surface area contributed by atoms with Crippen molar-refractivity contribution < 1.29 is 44.9 Å². The van der Waals surface area contributed by atoms with E-state index in [1.165, 1.54) is 25.2 Å². The minimum absolute atomic E-state index is 0.263. The first-order chi connectivity index (χ1) is 15.5. The van der Waals surface area contributed by atoms with E-state index in [-0.39, 0.29) is 12.2 Å². The predicted molar refractivity (Wildman–Crippen MR) is 107 cm³/mol. The number of halogens is 7. The first kappa shape index (κ1) is 26.7. The highest BCUT2D eigenvalue weighted by atomic mass is 19.4. The van der Waals surface area contributed by atoms with E-state index in [4.69, 9.17) is 4.74 Å². The molecule has 0 saturated carbocycles. The maximum Gasteiger partial charge on any atom is 0.573 e. The monoisotopic (exact) mass is 483 g/mol. The van der Waals surface area contributed by atoms with Gasteiger partial charge in [-0.25, -0.2) is 4.39 Å². The molecule has 0 bridgehead atoms. The summed E-state index contributed by atoms with van der Waals surface area (Å²) >= 11 is 0. The highest BCUT2D eigenvalue weighted by Gasteiger charge is 2.35. The van der Waals surface area contributed by atoms with Crippen LogP contribution in [0, 0.1) is 0 Å². The largest absolute Gasteiger partial charge is 0.573 e. The molecule has 0 saturated heterocycles. The van der Waals surface area contributed by atoms with Crippen molar-refractivity contribution in [2.75, 3.05) is 20.3 Å². The summed E-state index contributed by atoms with van der Waals surface area (Å²) in [6.07, 6.45) is -10.7. The minimum atomic E-state index is -4.91. The molecule has 0 fully saturated rings. The average molecular weight is 483 g/mol. The van der Waals surface area contributed by atoms with Gasteiger partial charge in [-0.2, -0.15) is 0 Å². The number of aryl methyl sites for hydroxylation is 2.